The van der Waals surface area contributed by atoms with E-state index in [1.165, 1.54) is 39.0 Å². The van der Waals surface area contributed by atoms with E-state index in [0.717, 1.165) is 29.5 Å². The quantitative estimate of drug-likeness (QED) is 0.206. The molecule has 1 aliphatic rings. The number of benzene rings is 5. The smallest absolute Gasteiger partial charge is 0.164 e. The summed E-state index contributed by atoms with van der Waals surface area (Å²) in [6.45, 7) is 2.16. The first-order valence-electron chi connectivity index (χ1n) is 14.8. The lowest BCUT2D eigenvalue weighted by molar-refractivity contribution is 1.05. The fraction of sp³-hybridized carbons (Fsp3) is 0.0750. The lowest BCUT2D eigenvalue weighted by Crippen LogP contribution is -2.00. The third-order valence-electron chi connectivity index (χ3n) is 7.98. The van der Waals surface area contributed by atoms with Crippen molar-refractivity contribution in [3.63, 3.8) is 0 Å². The van der Waals surface area contributed by atoms with Gasteiger partial charge in [0.15, 0.2) is 17.5 Å². The summed E-state index contributed by atoms with van der Waals surface area (Å²) < 4.78 is 0. The molecule has 0 bridgehead atoms. The number of hydrogen-bond acceptors (Lipinski definition) is 3. The molecule has 1 heterocycles. The molecule has 43 heavy (non-hydrogen) atoms. The normalized spacial score (nSPS) is 12.6. The first kappa shape index (κ1) is 26.5. The highest BCUT2D eigenvalue weighted by Crippen LogP contribution is 2.36. The molecule has 1 aromatic heterocycles. The lowest BCUT2D eigenvalue weighted by Gasteiger charge is -2.14. The van der Waals surface area contributed by atoms with Crippen molar-refractivity contribution in [2.24, 2.45) is 0 Å². The van der Waals surface area contributed by atoms with Crippen LogP contribution in [0.5, 0.6) is 0 Å². The van der Waals surface area contributed by atoms with Crippen LogP contribution in [0, 0.1) is 6.92 Å². The van der Waals surface area contributed by atoms with E-state index in [0.29, 0.717) is 17.5 Å². The monoisotopic (exact) mass is 553 g/mol. The van der Waals surface area contributed by atoms with Gasteiger partial charge in [-0.25, -0.2) is 15.0 Å². The molecule has 0 spiro atoms. The Balaban J connectivity index is 1.30. The molecular formula is C40H31N3. The minimum absolute atomic E-state index is 0.666. The van der Waals surface area contributed by atoms with Gasteiger partial charge < -0.3 is 0 Å². The van der Waals surface area contributed by atoms with E-state index in [-0.39, 0.29) is 0 Å². The summed E-state index contributed by atoms with van der Waals surface area (Å²) in [5.74, 6) is 2.00. The summed E-state index contributed by atoms with van der Waals surface area (Å²) in [6.07, 6.45) is 8.71. The molecule has 206 valence electrons. The van der Waals surface area contributed by atoms with Gasteiger partial charge in [0.1, 0.15) is 0 Å². The van der Waals surface area contributed by atoms with Crippen molar-refractivity contribution in [3.8, 4) is 56.4 Å². The van der Waals surface area contributed by atoms with E-state index in [1.54, 1.807) is 0 Å². The summed E-state index contributed by atoms with van der Waals surface area (Å²) in [4.78, 5) is 14.9. The van der Waals surface area contributed by atoms with Crippen LogP contribution in [-0.2, 0) is 0 Å². The van der Waals surface area contributed by atoms with Gasteiger partial charge in [0.05, 0.1) is 0 Å². The van der Waals surface area contributed by atoms with Gasteiger partial charge >= 0.3 is 0 Å². The molecule has 0 N–H and O–H groups in total. The van der Waals surface area contributed by atoms with Crippen LogP contribution >= 0.6 is 0 Å². The maximum absolute atomic E-state index is 5.00. The molecule has 5 aromatic carbocycles. The van der Waals surface area contributed by atoms with Crippen LogP contribution in [0.25, 0.3) is 62.0 Å². The molecule has 1 aliphatic carbocycles. The summed E-state index contributed by atoms with van der Waals surface area (Å²) in [5, 5.41) is 0. The van der Waals surface area contributed by atoms with Gasteiger partial charge in [-0.2, -0.15) is 0 Å². The molecule has 0 saturated carbocycles. The molecule has 6 aromatic rings. The van der Waals surface area contributed by atoms with Crippen LogP contribution in [0.3, 0.4) is 0 Å². The van der Waals surface area contributed by atoms with E-state index in [2.05, 4.69) is 122 Å². The van der Waals surface area contributed by atoms with Crippen LogP contribution in [0.2, 0.25) is 0 Å². The molecule has 7 rings (SSSR count). The molecule has 0 saturated heterocycles. The Bertz CT molecular complexity index is 1950. The Morgan fingerprint density at radius 2 is 1.00 bits per heavy atom. The molecule has 0 radical (unpaired) electrons. The predicted molar refractivity (Wildman–Crippen MR) is 178 cm³/mol. The third kappa shape index (κ3) is 5.58. The molecule has 3 heteroatoms. The molecule has 0 amide bonds. The Kier molecular flexibility index (Phi) is 7.29. The standard InChI is InChI=1S/C40H31N3/c1-28-27-34(25-26-35(28)37-20-12-11-19-36(37)31-15-7-3-8-16-31)40-42-38(32-17-9-4-10-18-32)41-39(43-40)33-23-21-30(22-24-33)29-13-5-2-6-14-29/h2-5,7-13,15-27H,6,14H2,1H3. The average Bonchev–Trinajstić information content (AvgIpc) is 3.09. The molecule has 0 unspecified atom stereocenters. The van der Waals surface area contributed by atoms with Crippen LogP contribution < -0.4 is 0 Å². The van der Waals surface area contributed by atoms with Gasteiger partial charge in [-0.3, -0.25) is 0 Å². The second kappa shape index (κ2) is 11.8. The van der Waals surface area contributed by atoms with E-state index >= 15 is 0 Å². The Labute approximate surface area is 253 Å². The number of aromatic nitrogens is 3. The fourth-order valence-corrected chi connectivity index (χ4v) is 5.72. The summed E-state index contributed by atoms with van der Waals surface area (Å²) >= 11 is 0. The highest BCUT2D eigenvalue weighted by molar-refractivity contribution is 5.85. The fourth-order valence-electron chi connectivity index (χ4n) is 5.72. The zero-order valence-corrected chi connectivity index (χ0v) is 24.1. The first-order chi connectivity index (χ1) is 21.2. The highest BCUT2D eigenvalue weighted by Gasteiger charge is 2.15. The number of rotatable bonds is 6. The molecule has 0 atom stereocenters. The van der Waals surface area contributed by atoms with Crippen LogP contribution in [0.4, 0.5) is 0 Å². The maximum Gasteiger partial charge on any atom is 0.164 e. The van der Waals surface area contributed by atoms with Gasteiger partial charge in [0.25, 0.3) is 0 Å². The maximum atomic E-state index is 5.00. The van der Waals surface area contributed by atoms with E-state index in [1.807, 2.05) is 30.3 Å². The van der Waals surface area contributed by atoms with Crippen LogP contribution in [0.1, 0.15) is 24.0 Å². The summed E-state index contributed by atoms with van der Waals surface area (Å²) in [7, 11) is 0. The van der Waals surface area contributed by atoms with Gasteiger partial charge in [-0.05, 0) is 64.8 Å². The van der Waals surface area contributed by atoms with Gasteiger partial charge in [-0.15, -0.1) is 0 Å². The third-order valence-corrected chi connectivity index (χ3v) is 7.98. The highest BCUT2D eigenvalue weighted by atomic mass is 15.0. The minimum Gasteiger partial charge on any atom is -0.208 e. The first-order valence-corrected chi connectivity index (χ1v) is 14.8. The second-order valence-corrected chi connectivity index (χ2v) is 10.8. The van der Waals surface area contributed by atoms with Crippen molar-refractivity contribution >= 4 is 5.57 Å². The van der Waals surface area contributed by atoms with Crippen molar-refractivity contribution in [2.75, 3.05) is 0 Å². The van der Waals surface area contributed by atoms with Crippen molar-refractivity contribution in [1.82, 2.24) is 15.0 Å². The van der Waals surface area contributed by atoms with Gasteiger partial charge in [0, 0.05) is 16.7 Å². The van der Waals surface area contributed by atoms with Crippen molar-refractivity contribution in [1.29, 1.82) is 0 Å². The Morgan fingerprint density at radius 3 is 1.63 bits per heavy atom. The van der Waals surface area contributed by atoms with Crippen LogP contribution in [0.15, 0.2) is 146 Å². The summed E-state index contributed by atoms with van der Waals surface area (Å²) in [6, 6.07) is 44.4. The second-order valence-electron chi connectivity index (χ2n) is 10.8. The molecule has 0 aliphatic heterocycles. The van der Waals surface area contributed by atoms with Crippen molar-refractivity contribution < 1.29 is 0 Å². The van der Waals surface area contributed by atoms with E-state index < -0.39 is 0 Å². The predicted octanol–water partition coefficient (Wildman–Crippen LogP) is 10.2. The average molecular weight is 554 g/mol. The van der Waals surface area contributed by atoms with E-state index in [9.17, 15) is 0 Å². The van der Waals surface area contributed by atoms with Crippen LogP contribution in [-0.4, -0.2) is 15.0 Å². The molecule has 3 nitrogen and oxygen atoms in total. The lowest BCUT2D eigenvalue weighted by atomic mass is 9.91. The van der Waals surface area contributed by atoms with Gasteiger partial charge in [-0.1, -0.05) is 140 Å². The zero-order valence-electron chi connectivity index (χ0n) is 24.1. The van der Waals surface area contributed by atoms with E-state index in [4.69, 9.17) is 15.0 Å². The van der Waals surface area contributed by atoms with Crippen molar-refractivity contribution in [3.05, 3.63) is 157 Å². The number of nitrogens with zero attached hydrogens (tertiary/aromatic N) is 3. The number of aryl methyl sites for hydroxylation is 1. The van der Waals surface area contributed by atoms with Gasteiger partial charge in [0.2, 0.25) is 0 Å². The molecule has 0 fully saturated rings. The number of allylic oxidation sites excluding steroid dienone is 4. The SMILES string of the molecule is Cc1cc(-c2nc(-c3ccccc3)nc(-c3ccc(C4=CC=CCC4)cc3)n2)ccc1-c1ccccc1-c1ccccc1. The number of hydrogen-bond donors (Lipinski definition) is 0. The van der Waals surface area contributed by atoms with Crippen molar-refractivity contribution in [2.45, 2.75) is 19.8 Å². The largest absolute Gasteiger partial charge is 0.208 e. The Morgan fingerprint density at radius 1 is 0.465 bits per heavy atom. The Hall–Kier alpha value is -5.41. The topological polar surface area (TPSA) is 38.7 Å². The zero-order chi connectivity index (χ0) is 29.0. The molecular weight excluding hydrogens is 522 g/mol. The minimum atomic E-state index is 0.666. The summed E-state index contributed by atoms with van der Waals surface area (Å²) in [5.41, 5.74) is 11.5.